The standard InChI is InChI=1S/C18H13NO4S2/c1-10-2-5-12(9-14(10)17(22)23)19-16(21)15(25-18(19)24)8-11-3-6-13(20)7-4-11/h2-9,20H,1H3,(H,22,23)/p-1/b15-8-. The van der Waals surface area contributed by atoms with Gasteiger partial charge in [0.25, 0.3) is 5.91 Å². The lowest BCUT2D eigenvalue weighted by Gasteiger charge is -2.15. The molecule has 126 valence electrons. The minimum atomic E-state index is -1.06. The van der Waals surface area contributed by atoms with Crippen molar-refractivity contribution in [1.82, 2.24) is 0 Å². The fourth-order valence-corrected chi connectivity index (χ4v) is 3.68. The van der Waals surface area contributed by atoms with Crippen molar-refractivity contribution in [3.05, 3.63) is 64.1 Å². The average Bonchev–Trinajstić information content (AvgIpc) is 2.84. The summed E-state index contributed by atoms with van der Waals surface area (Å²) in [6.45, 7) is 1.69. The molecule has 1 fully saturated rings. The predicted octanol–water partition coefficient (Wildman–Crippen LogP) is 3.17. The third kappa shape index (κ3) is 3.42. The Balaban J connectivity index is 1.95. The first-order chi connectivity index (χ1) is 11.9. The van der Waals surface area contributed by atoms with Crippen LogP contribution in [0, 0.1) is 6.92 Å². The molecule has 0 aliphatic carbocycles. The Morgan fingerprint density at radius 2 is 1.92 bits per heavy atom. The van der Waals surface area contributed by atoms with E-state index in [-0.39, 0.29) is 17.2 Å². The average molecular weight is 370 g/mol. The lowest BCUT2D eigenvalue weighted by atomic mass is 10.1. The number of benzene rings is 2. The molecule has 1 amide bonds. The number of carbonyl (C=O) groups is 2. The molecule has 0 spiro atoms. The molecule has 7 heteroatoms. The van der Waals surface area contributed by atoms with Crippen molar-refractivity contribution < 1.29 is 19.8 Å². The number of nitrogens with zero attached hydrogens (tertiary/aromatic N) is 1. The number of thioether (sulfide) groups is 1. The van der Waals surface area contributed by atoms with E-state index in [0.717, 1.165) is 17.3 Å². The van der Waals surface area contributed by atoms with E-state index < -0.39 is 5.97 Å². The van der Waals surface area contributed by atoms with Crippen LogP contribution in [0.5, 0.6) is 5.75 Å². The third-order valence-electron chi connectivity index (χ3n) is 3.68. The Labute approximate surface area is 153 Å². The number of amides is 1. The maximum absolute atomic E-state index is 12.7. The fourth-order valence-electron chi connectivity index (χ4n) is 2.39. The Hall–Kier alpha value is -2.64. The van der Waals surface area contributed by atoms with Crippen LogP contribution in [-0.2, 0) is 4.79 Å². The molecule has 1 aliphatic heterocycles. The van der Waals surface area contributed by atoms with Gasteiger partial charge in [0.1, 0.15) is 0 Å². The number of hydrogen-bond acceptors (Lipinski definition) is 5. The van der Waals surface area contributed by atoms with Crippen molar-refractivity contribution >= 4 is 51.9 Å². The van der Waals surface area contributed by atoms with Crippen LogP contribution in [0.3, 0.4) is 0 Å². The number of hydrogen-bond donors (Lipinski definition) is 1. The van der Waals surface area contributed by atoms with Crippen LogP contribution in [-0.4, -0.2) is 21.3 Å². The molecule has 25 heavy (non-hydrogen) atoms. The molecule has 1 heterocycles. The van der Waals surface area contributed by atoms with E-state index in [1.165, 1.54) is 23.1 Å². The summed E-state index contributed by atoms with van der Waals surface area (Å²) in [7, 11) is 0. The molecule has 1 aliphatic rings. The predicted molar refractivity (Wildman–Crippen MR) is 99.7 cm³/mol. The zero-order valence-corrected chi connectivity index (χ0v) is 14.7. The molecule has 2 aromatic carbocycles. The van der Waals surface area contributed by atoms with Gasteiger partial charge in [-0.15, -0.1) is 5.75 Å². The van der Waals surface area contributed by atoms with Gasteiger partial charge in [-0.25, -0.2) is 4.79 Å². The van der Waals surface area contributed by atoms with Crippen LogP contribution in [0.4, 0.5) is 5.69 Å². The summed E-state index contributed by atoms with van der Waals surface area (Å²) in [6, 6.07) is 10.9. The maximum Gasteiger partial charge on any atom is 0.336 e. The lowest BCUT2D eigenvalue weighted by molar-refractivity contribution is -0.268. The molecular weight excluding hydrogens is 358 g/mol. The molecule has 5 nitrogen and oxygen atoms in total. The number of carboxylic acids is 1. The van der Waals surface area contributed by atoms with Gasteiger partial charge in [0, 0.05) is 0 Å². The molecule has 0 unspecified atom stereocenters. The first-order valence-electron chi connectivity index (χ1n) is 7.26. The van der Waals surface area contributed by atoms with Gasteiger partial charge in [-0.1, -0.05) is 54.3 Å². The number of carboxylic acid groups (broad SMARTS) is 1. The highest BCUT2D eigenvalue weighted by Gasteiger charge is 2.33. The summed E-state index contributed by atoms with van der Waals surface area (Å²) in [6.07, 6.45) is 1.66. The monoisotopic (exact) mass is 370 g/mol. The molecule has 0 bridgehead atoms. The van der Waals surface area contributed by atoms with E-state index in [2.05, 4.69) is 0 Å². The van der Waals surface area contributed by atoms with Crippen molar-refractivity contribution in [3.8, 4) is 5.75 Å². The van der Waals surface area contributed by atoms with Crippen LogP contribution in [0.2, 0.25) is 0 Å². The van der Waals surface area contributed by atoms with Crippen LogP contribution in [0.25, 0.3) is 6.08 Å². The summed E-state index contributed by atoms with van der Waals surface area (Å²) in [5.74, 6) is -1.48. The molecule has 1 saturated heterocycles. The van der Waals surface area contributed by atoms with E-state index in [0.29, 0.717) is 20.5 Å². The van der Waals surface area contributed by atoms with E-state index in [9.17, 15) is 19.8 Å². The SMILES string of the molecule is Cc1ccc(N2C(=O)/C(=C/c3ccc([O-])cc3)SC2=S)cc1C(=O)O. The van der Waals surface area contributed by atoms with Gasteiger partial charge in [0.05, 0.1) is 16.2 Å². The number of aromatic carboxylic acids is 1. The number of thiocarbonyl (C=S) groups is 1. The molecule has 0 atom stereocenters. The molecular formula is C18H12NO4S2-. The maximum atomic E-state index is 12.7. The van der Waals surface area contributed by atoms with E-state index in [1.807, 2.05) is 0 Å². The number of anilines is 1. The summed E-state index contributed by atoms with van der Waals surface area (Å²) >= 11 is 6.42. The van der Waals surface area contributed by atoms with E-state index >= 15 is 0 Å². The van der Waals surface area contributed by atoms with Crippen molar-refractivity contribution in [2.45, 2.75) is 6.92 Å². The Bertz CT molecular complexity index is 919. The van der Waals surface area contributed by atoms with Gasteiger partial charge in [-0.05, 0) is 36.3 Å². The number of rotatable bonds is 3. The topological polar surface area (TPSA) is 80.7 Å². The van der Waals surface area contributed by atoms with E-state index in [4.69, 9.17) is 12.2 Å². The Morgan fingerprint density at radius 1 is 1.24 bits per heavy atom. The molecule has 3 rings (SSSR count). The second-order valence-electron chi connectivity index (χ2n) is 5.39. The fraction of sp³-hybridized carbons (Fsp3) is 0.0556. The van der Waals surface area contributed by atoms with Crippen molar-refractivity contribution in [2.75, 3.05) is 4.90 Å². The van der Waals surface area contributed by atoms with Crippen LogP contribution < -0.4 is 10.0 Å². The lowest BCUT2D eigenvalue weighted by Crippen LogP contribution is -2.27. The first-order valence-corrected chi connectivity index (χ1v) is 8.48. The normalized spacial score (nSPS) is 15.9. The highest BCUT2D eigenvalue weighted by atomic mass is 32.2. The van der Waals surface area contributed by atoms with Crippen LogP contribution in [0.1, 0.15) is 21.5 Å². The van der Waals surface area contributed by atoms with Crippen LogP contribution in [0.15, 0.2) is 47.4 Å². The second kappa shape index (κ2) is 6.70. The summed E-state index contributed by atoms with van der Waals surface area (Å²) in [5.41, 5.74) is 1.87. The van der Waals surface area contributed by atoms with Gasteiger partial charge in [0.2, 0.25) is 0 Å². The van der Waals surface area contributed by atoms with Crippen molar-refractivity contribution in [3.63, 3.8) is 0 Å². The van der Waals surface area contributed by atoms with Crippen molar-refractivity contribution in [2.24, 2.45) is 0 Å². The zero-order chi connectivity index (χ0) is 18.1. The summed E-state index contributed by atoms with van der Waals surface area (Å²) in [4.78, 5) is 25.7. The molecule has 0 aromatic heterocycles. The van der Waals surface area contributed by atoms with Gasteiger partial charge >= 0.3 is 5.97 Å². The van der Waals surface area contributed by atoms with Gasteiger partial charge in [-0.3, -0.25) is 9.69 Å². The van der Waals surface area contributed by atoms with Gasteiger partial charge < -0.3 is 10.2 Å². The Kier molecular flexibility index (Phi) is 4.61. The molecule has 0 radical (unpaired) electrons. The summed E-state index contributed by atoms with van der Waals surface area (Å²) in [5, 5.41) is 20.4. The molecule has 1 N–H and O–H groups in total. The Morgan fingerprint density at radius 3 is 2.56 bits per heavy atom. The van der Waals surface area contributed by atoms with E-state index in [1.54, 1.807) is 37.3 Å². The third-order valence-corrected chi connectivity index (χ3v) is 4.98. The van der Waals surface area contributed by atoms with Gasteiger partial charge in [-0.2, -0.15) is 0 Å². The smallest absolute Gasteiger partial charge is 0.336 e. The highest BCUT2D eigenvalue weighted by Crippen LogP contribution is 2.36. The quantitative estimate of drug-likeness (QED) is 0.660. The number of carbonyl (C=O) groups excluding carboxylic acids is 1. The second-order valence-corrected chi connectivity index (χ2v) is 7.07. The molecule has 0 saturated carbocycles. The molecule has 2 aromatic rings. The van der Waals surface area contributed by atoms with Crippen LogP contribution >= 0.6 is 24.0 Å². The number of aryl methyl sites for hydroxylation is 1. The van der Waals surface area contributed by atoms with Crippen molar-refractivity contribution in [1.29, 1.82) is 0 Å². The first kappa shape index (κ1) is 17.2. The minimum Gasteiger partial charge on any atom is -0.872 e. The zero-order valence-electron chi connectivity index (χ0n) is 13.1. The van der Waals surface area contributed by atoms with Gasteiger partial charge in [0.15, 0.2) is 4.32 Å². The minimum absolute atomic E-state index is 0.106. The highest BCUT2D eigenvalue weighted by molar-refractivity contribution is 8.27. The summed E-state index contributed by atoms with van der Waals surface area (Å²) < 4.78 is 0.330. The largest absolute Gasteiger partial charge is 0.872 e.